The Balaban J connectivity index is 1.73. The molecule has 2 atom stereocenters. The maximum Gasteiger partial charge on any atom is 0.143 e. The van der Waals surface area contributed by atoms with Crippen molar-refractivity contribution in [3.63, 3.8) is 0 Å². The number of hydrogen-bond donors (Lipinski definition) is 1. The molecule has 0 spiro atoms. The monoisotopic (exact) mass is 490 g/mol. The van der Waals surface area contributed by atoms with E-state index in [0.717, 1.165) is 33.8 Å². The van der Waals surface area contributed by atoms with Gasteiger partial charge in [-0.2, -0.15) is 0 Å². The summed E-state index contributed by atoms with van der Waals surface area (Å²) in [4.78, 5) is 0. The molecule has 1 saturated heterocycles. The Morgan fingerprint density at radius 1 is 0.882 bits per heavy atom. The Hall–Kier alpha value is -1.98. The van der Waals surface area contributed by atoms with Crippen LogP contribution in [-0.4, -0.2) is 33.4 Å². The standard InChI is InChI=1S/C30H34O2S2/c1-23(2)30(33-20-13-21-34-30)24(3)28(31)22-32-29(25-14-7-4-8-15-25,26-16-9-5-10-17-26)27-18-11-6-12-19-27/h4-12,14-19,24,28,31H,1,13,20-22H2,2-3H3/t24-,28+/m1/s1. The van der Waals surface area contributed by atoms with Crippen molar-refractivity contribution in [2.45, 2.75) is 36.1 Å². The lowest BCUT2D eigenvalue weighted by atomic mass is 9.80. The van der Waals surface area contributed by atoms with Crippen LogP contribution in [0.5, 0.6) is 0 Å². The quantitative estimate of drug-likeness (QED) is 0.255. The van der Waals surface area contributed by atoms with Crippen LogP contribution in [0.1, 0.15) is 37.0 Å². The first-order chi connectivity index (χ1) is 16.5. The number of ether oxygens (including phenoxy) is 1. The number of benzene rings is 3. The molecule has 1 aliphatic rings. The van der Waals surface area contributed by atoms with Crippen molar-refractivity contribution < 1.29 is 9.84 Å². The number of rotatable bonds is 9. The van der Waals surface area contributed by atoms with Crippen molar-refractivity contribution in [3.8, 4) is 0 Å². The minimum atomic E-state index is -0.826. The molecule has 4 rings (SSSR count). The van der Waals surface area contributed by atoms with E-state index in [2.05, 4.69) is 56.8 Å². The summed E-state index contributed by atoms with van der Waals surface area (Å²) in [6, 6.07) is 31.0. The van der Waals surface area contributed by atoms with E-state index in [4.69, 9.17) is 4.74 Å². The Labute approximate surface area is 212 Å². The van der Waals surface area contributed by atoms with Gasteiger partial charge in [0.15, 0.2) is 0 Å². The van der Waals surface area contributed by atoms with Crippen LogP contribution >= 0.6 is 23.5 Å². The summed E-state index contributed by atoms with van der Waals surface area (Å²) in [5.74, 6) is 2.19. The average Bonchev–Trinajstić information content (AvgIpc) is 2.90. The number of aliphatic hydroxyl groups is 1. The predicted octanol–water partition coefficient (Wildman–Crippen LogP) is 7.13. The van der Waals surface area contributed by atoms with E-state index in [-0.39, 0.29) is 16.6 Å². The molecule has 3 aromatic carbocycles. The third-order valence-corrected chi connectivity index (χ3v) is 10.7. The lowest BCUT2D eigenvalue weighted by molar-refractivity contribution is -0.0535. The number of hydrogen-bond acceptors (Lipinski definition) is 4. The maximum absolute atomic E-state index is 11.5. The second-order valence-corrected chi connectivity index (χ2v) is 11.9. The summed E-state index contributed by atoms with van der Waals surface area (Å²) in [7, 11) is 0. The van der Waals surface area contributed by atoms with E-state index in [1.54, 1.807) is 0 Å². The van der Waals surface area contributed by atoms with E-state index in [0.29, 0.717) is 0 Å². The molecule has 0 radical (unpaired) electrons. The highest BCUT2D eigenvalue weighted by Gasteiger charge is 2.45. The summed E-state index contributed by atoms with van der Waals surface area (Å²) < 4.78 is 6.70. The first kappa shape index (κ1) is 25.1. The molecule has 1 N–H and O–H groups in total. The van der Waals surface area contributed by atoms with Crippen molar-refractivity contribution >= 4 is 23.5 Å². The van der Waals surface area contributed by atoms with E-state index in [1.165, 1.54) is 6.42 Å². The third-order valence-electron chi connectivity index (χ3n) is 6.70. The molecule has 34 heavy (non-hydrogen) atoms. The SMILES string of the molecule is C=C(C)C1([C@H](C)[C@@H](O)COC(c2ccccc2)(c2ccccc2)c2ccccc2)SCCCS1. The summed E-state index contributed by atoms with van der Waals surface area (Å²) in [6.07, 6.45) is 0.563. The fourth-order valence-corrected chi connectivity index (χ4v) is 8.36. The van der Waals surface area contributed by atoms with Crippen LogP contribution in [0.25, 0.3) is 0 Å². The smallest absolute Gasteiger partial charge is 0.143 e. The van der Waals surface area contributed by atoms with Crippen LogP contribution in [-0.2, 0) is 10.3 Å². The largest absolute Gasteiger partial charge is 0.390 e. The highest BCUT2D eigenvalue weighted by molar-refractivity contribution is 8.19. The minimum absolute atomic E-state index is 0.000296. The van der Waals surface area contributed by atoms with Crippen LogP contribution < -0.4 is 0 Å². The van der Waals surface area contributed by atoms with Gasteiger partial charge in [0.25, 0.3) is 0 Å². The number of thioether (sulfide) groups is 2. The molecule has 1 heterocycles. The van der Waals surface area contributed by atoms with Crippen LogP contribution in [0.2, 0.25) is 0 Å². The predicted molar refractivity (Wildman–Crippen MR) is 147 cm³/mol. The van der Waals surface area contributed by atoms with Crippen molar-refractivity contribution in [2.24, 2.45) is 5.92 Å². The Morgan fingerprint density at radius 3 is 1.68 bits per heavy atom. The Morgan fingerprint density at radius 2 is 1.29 bits per heavy atom. The fraction of sp³-hybridized carbons (Fsp3) is 0.333. The summed E-state index contributed by atoms with van der Waals surface area (Å²) >= 11 is 3.85. The van der Waals surface area contributed by atoms with Crippen LogP contribution in [0.4, 0.5) is 0 Å². The van der Waals surface area contributed by atoms with E-state index in [9.17, 15) is 5.11 Å². The molecule has 3 aromatic rings. The molecule has 0 aromatic heterocycles. The Bertz CT molecular complexity index is 950. The zero-order valence-electron chi connectivity index (χ0n) is 20.0. The summed E-state index contributed by atoms with van der Waals surface area (Å²) in [5.41, 5.74) is 3.43. The molecule has 0 bridgehead atoms. The first-order valence-corrected chi connectivity index (χ1v) is 13.9. The molecule has 0 saturated carbocycles. The van der Waals surface area contributed by atoms with E-state index < -0.39 is 11.7 Å². The van der Waals surface area contributed by atoms with Gasteiger partial charge in [-0.15, -0.1) is 23.5 Å². The zero-order chi connectivity index (χ0) is 24.0. The van der Waals surface area contributed by atoms with Gasteiger partial charge in [-0.1, -0.05) is 110 Å². The molecule has 4 heteroatoms. The molecule has 2 nitrogen and oxygen atoms in total. The Kier molecular flexibility index (Phi) is 8.26. The molecule has 0 amide bonds. The molecule has 178 valence electrons. The van der Waals surface area contributed by atoms with Gasteiger partial charge in [0, 0.05) is 5.92 Å². The average molecular weight is 491 g/mol. The van der Waals surface area contributed by atoms with Gasteiger partial charge in [-0.3, -0.25) is 0 Å². The molecule has 1 aliphatic heterocycles. The normalized spacial score (nSPS) is 17.6. The summed E-state index contributed by atoms with van der Waals surface area (Å²) in [5, 5.41) is 11.5. The summed E-state index contributed by atoms with van der Waals surface area (Å²) in [6.45, 7) is 8.77. The molecule has 0 unspecified atom stereocenters. The maximum atomic E-state index is 11.5. The second-order valence-electron chi connectivity index (χ2n) is 8.94. The van der Waals surface area contributed by atoms with Crippen molar-refractivity contribution in [3.05, 3.63) is 120 Å². The van der Waals surface area contributed by atoms with Crippen LogP contribution in [0.3, 0.4) is 0 Å². The fourth-order valence-electron chi connectivity index (χ4n) is 4.82. The molecule has 0 aliphatic carbocycles. The van der Waals surface area contributed by atoms with E-state index in [1.807, 2.05) is 78.1 Å². The highest BCUT2D eigenvalue weighted by atomic mass is 32.2. The zero-order valence-corrected chi connectivity index (χ0v) is 21.7. The topological polar surface area (TPSA) is 29.5 Å². The lowest BCUT2D eigenvalue weighted by Crippen LogP contribution is -2.44. The molecule has 1 fully saturated rings. The minimum Gasteiger partial charge on any atom is -0.390 e. The molecular formula is C30H34O2S2. The van der Waals surface area contributed by atoms with Gasteiger partial charge in [0.05, 0.1) is 16.8 Å². The molecular weight excluding hydrogens is 456 g/mol. The van der Waals surface area contributed by atoms with Gasteiger partial charge in [0.2, 0.25) is 0 Å². The van der Waals surface area contributed by atoms with Crippen molar-refractivity contribution in [1.82, 2.24) is 0 Å². The number of aliphatic hydroxyl groups excluding tert-OH is 1. The van der Waals surface area contributed by atoms with Gasteiger partial charge < -0.3 is 9.84 Å². The third kappa shape index (κ3) is 4.87. The highest BCUT2D eigenvalue weighted by Crippen LogP contribution is 2.53. The van der Waals surface area contributed by atoms with Gasteiger partial charge in [0.1, 0.15) is 5.60 Å². The second kappa shape index (κ2) is 11.2. The van der Waals surface area contributed by atoms with Crippen LogP contribution in [0, 0.1) is 5.92 Å². The lowest BCUT2D eigenvalue weighted by Gasteiger charge is -2.44. The van der Waals surface area contributed by atoms with Crippen LogP contribution in [0.15, 0.2) is 103 Å². The van der Waals surface area contributed by atoms with Gasteiger partial charge in [-0.05, 0) is 41.5 Å². The first-order valence-electron chi connectivity index (χ1n) is 11.9. The van der Waals surface area contributed by atoms with E-state index >= 15 is 0 Å². The van der Waals surface area contributed by atoms with Crippen molar-refractivity contribution in [1.29, 1.82) is 0 Å². The van der Waals surface area contributed by atoms with Crippen molar-refractivity contribution in [2.75, 3.05) is 18.1 Å². The van der Waals surface area contributed by atoms with Gasteiger partial charge >= 0.3 is 0 Å². The van der Waals surface area contributed by atoms with Gasteiger partial charge in [-0.25, -0.2) is 0 Å².